The molecule has 2 aromatic carbocycles. The number of esters is 1. The number of methoxy groups -OCH3 is 2. The number of benzene rings is 2. The zero-order chi connectivity index (χ0) is 19.9. The highest BCUT2D eigenvalue weighted by molar-refractivity contribution is 7.92. The molecule has 0 bridgehead atoms. The summed E-state index contributed by atoms with van der Waals surface area (Å²) in [5.41, 5.74) is 0.976. The lowest BCUT2D eigenvalue weighted by Gasteiger charge is -2.15. The molecule has 2 aromatic rings. The molecule has 0 aromatic heterocycles. The summed E-state index contributed by atoms with van der Waals surface area (Å²) in [5, 5.41) is 3.12. The molecule has 146 valence electrons. The number of nitrogens with one attached hydrogen (secondary N) is 2. The third-order valence-electron chi connectivity index (χ3n) is 3.88. The molecule has 0 saturated carbocycles. The van der Waals surface area contributed by atoms with Crippen LogP contribution in [-0.2, 0) is 14.8 Å². The summed E-state index contributed by atoms with van der Waals surface area (Å²) in [4.78, 5) is 11.8. The van der Waals surface area contributed by atoms with Crippen LogP contribution in [0.25, 0.3) is 0 Å². The first kappa shape index (κ1) is 20.6. The molecule has 0 spiro atoms. The Labute approximate surface area is 159 Å². The van der Waals surface area contributed by atoms with E-state index in [2.05, 4.69) is 10.0 Å². The van der Waals surface area contributed by atoms with Crippen LogP contribution in [0, 0.1) is 0 Å². The summed E-state index contributed by atoms with van der Waals surface area (Å²) in [5.74, 6) is 0.0172. The van der Waals surface area contributed by atoms with Gasteiger partial charge in [-0.25, -0.2) is 13.2 Å². The van der Waals surface area contributed by atoms with Crippen molar-refractivity contribution in [3.63, 3.8) is 0 Å². The first-order chi connectivity index (χ1) is 12.9. The molecule has 0 aliphatic rings. The van der Waals surface area contributed by atoms with E-state index in [9.17, 15) is 13.2 Å². The highest BCUT2D eigenvalue weighted by Crippen LogP contribution is 2.26. The zero-order valence-electron chi connectivity index (χ0n) is 15.6. The summed E-state index contributed by atoms with van der Waals surface area (Å²) < 4.78 is 38.2. The number of rotatable bonds is 9. The minimum absolute atomic E-state index is 0.0164. The van der Waals surface area contributed by atoms with E-state index >= 15 is 0 Å². The van der Waals surface area contributed by atoms with E-state index in [4.69, 9.17) is 9.47 Å². The largest absolute Gasteiger partial charge is 0.497 e. The van der Waals surface area contributed by atoms with Gasteiger partial charge in [-0.05, 0) is 48.9 Å². The van der Waals surface area contributed by atoms with Crippen LogP contribution in [0.4, 0.5) is 11.4 Å². The fraction of sp³-hybridized carbons (Fsp3) is 0.316. The molecule has 0 fully saturated rings. The highest BCUT2D eigenvalue weighted by atomic mass is 32.2. The van der Waals surface area contributed by atoms with Gasteiger partial charge in [-0.1, -0.05) is 13.3 Å². The quantitative estimate of drug-likeness (QED) is 0.501. The number of carbonyl (C=O) groups is 1. The van der Waals surface area contributed by atoms with Crippen molar-refractivity contribution in [3.8, 4) is 5.75 Å². The maximum atomic E-state index is 12.9. The molecule has 0 aliphatic heterocycles. The van der Waals surface area contributed by atoms with Gasteiger partial charge in [0.2, 0.25) is 0 Å². The molecule has 0 heterocycles. The number of hydrogen-bond acceptors (Lipinski definition) is 6. The Kier molecular flexibility index (Phi) is 7.06. The van der Waals surface area contributed by atoms with E-state index in [1.165, 1.54) is 26.4 Å². The number of unbranched alkanes of at least 4 members (excludes halogenated alkanes) is 1. The summed E-state index contributed by atoms with van der Waals surface area (Å²) >= 11 is 0. The molecule has 0 amide bonds. The van der Waals surface area contributed by atoms with E-state index in [0.717, 1.165) is 12.8 Å². The number of hydrogen-bond donors (Lipinski definition) is 2. The van der Waals surface area contributed by atoms with Crippen LogP contribution < -0.4 is 14.8 Å². The van der Waals surface area contributed by atoms with Gasteiger partial charge in [-0.3, -0.25) is 4.72 Å². The minimum atomic E-state index is -3.93. The SMILES string of the molecule is CCCCNc1ccc(C(=O)OC)cc1S(=O)(=O)Nc1ccc(OC)cc1. The normalized spacial score (nSPS) is 10.9. The van der Waals surface area contributed by atoms with Crippen LogP contribution in [0.15, 0.2) is 47.4 Å². The predicted octanol–water partition coefficient (Wildman–Crippen LogP) is 3.49. The topological polar surface area (TPSA) is 93.7 Å². The number of ether oxygens (including phenoxy) is 2. The fourth-order valence-electron chi connectivity index (χ4n) is 2.40. The van der Waals surface area contributed by atoms with Crippen LogP contribution in [0.2, 0.25) is 0 Å². The Morgan fingerprint density at radius 3 is 2.37 bits per heavy atom. The van der Waals surface area contributed by atoms with Crippen molar-refractivity contribution in [2.24, 2.45) is 0 Å². The average Bonchev–Trinajstić information content (AvgIpc) is 2.68. The van der Waals surface area contributed by atoms with Crippen molar-refractivity contribution in [2.45, 2.75) is 24.7 Å². The third kappa shape index (κ3) is 5.37. The van der Waals surface area contributed by atoms with Crippen molar-refractivity contribution >= 4 is 27.4 Å². The number of sulfonamides is 1. The summed E-state index contributed by atoms with van der Waals surface area (Å²) in [6, 6.07) is 10.9. The maximum Gasteiger partial charge on any atom is 0.337 e. The lowest BCUT2D eigenvalue weighted by Crippen LogP contribution is -2.17. The van der Waals surface area contributed by atoms with E-state index in [1.54, 1.807) is 30.3 Å². The smallest absolute Gasteiger partial charge is 0.337 e. The summed E-state index contributed by atoms with van der Waals surface area (Å²) in [7, 11) is -1.14. The summed E-state index contributed by atoms with van der Waals surface area (Å²) in [6.45, 7) is 2.67. The van der Waals surface area contributed by atoms with Crippen molar-refractivity contribution < 1.29 is 22.7 Å². The van der Waals surface area contributed by atoms with Crippen LogP contribution in [0.1, 0.15) is 30.1 Å². The fourth-order valence-corrected chi connectivity index (χ4v) is 3.67. The third-order valence-corrected chi connectivity index (χ3v) is 5.30. The molecule has 27 heavy (non-hydrogen) atoms. The molecule has 0 aliphatic carbocycles. The first-order valence-corrected chi connectivity index (χ1v) is 10.0. The van der Waals surface area contributed by atoms with Gasteiger partial charge in [-0.15, -0.1) is 0 Å². The van der Waals surface area contributed by atoms with E-state index in [1.807, 2.05) is 6.92 Å². The molecular weight excluding hydrogens is 368 g/mol. The lowest BCUT2D eigenvalue weighted by atomic mass is 10.2. The molecular formula is C19H24N2O5S. The van der Waals surface area contributed by atoms with Crippen LogP contribution in [0.3, 0.4) is 0 Å². The summed E-state index contributed by atoms with van der Waals surface area (Å²) in [6.07, 6.45) is 1.86. The van der Waals surface area contributed by atoms with Crippen molar-refractivity contribution in [2.75, 3.05) is 30.8 Å². The molecule has 0 unspecified atom stereocenters. The van der Waals surface area contributed by atoms with Crippen LogP contribution in [0.5, 0.6) is 5.75 Å². The second kappa shape index (κ2) is 9.27. The van der Waals surface area contributed by atoms with Crippen LogP contribution >= 0.6 is 0 Å². The Hall–Kier alpha value is -2.74. The molecule has 2 rings (SSSR count). The first-order valence-electron chi connectivity index (χ1n) is 8.54. The molecule has 2 N–H and O–H groups in total. The van der Waals surface area contributed by atoms with Gasteiger partial charge in [0.15, 0.2) is 0 Å². The second-order valence-electron chi connectivity index (χ2n) is 5.82. The molecule has 7 nitrogen and oxygen atoms in total. The van der Waals surface area contributed by atoms with Gasteiger partial charge in [-0.2, -0.15) is 0 Å². The van der Waals surface area contributed by atoms with Gasteiger partial charge in [0, 0.05) is 12.2 Å². The van der Waals surface area contributed by atoms with Gasteiger partial charge in [0.25, 0.3) is 10.0 Å². The van der Waals surface area contributed by atoms with Gasteiger partial charge in [0.05, 0.1) is 25.5 Å². The number of carbonyl (C=O) groups excluding carboxylic acids is 1. The van der Waals surface area contributed by atoms with Crippen LogP contribution in [-0.4, -0.2) is 35.2 Å². The van der Waals surface area contributed by atoms with Gasteiger partial charge < -0.3 is 14.8 Å². The molecule has 0 atom stereocenters. The lowest BCUT2D eigenvalue weighted by molar-refractivity contribution is 0.0600. The Morgan fingerprint density at radius 2 is 1.78 bits per heavy atom. The van der Waals surface area contributed by atoms with Crippen molar-refractivity contribution in [3.05, 3.63) is 48.0 Å². The Balaban J connectivity index is 2.38. The Morgan fingerprint density at radius 1 is 1.07 bits per heavy atom. The minimum Gasteiger partial charge on any atom is -0.497 e. The highest BCUT2D eigenvalue weighted by Gasteiger charge is 2.21. The van der Waals surface area contributed by atoms with E-state index in [-0.39, 0.29) is 10.5 Å². The Bertz CT molecular complexity index is 879. The number of anilines is 2. The van der Waals surface area contributed by atoms with E-state index in [0.29, 0.717) is 23.7 Å². The molecule has 0 saturated heterocycles. The van der Waals surface area contributed by atoms with Gasteiger partial charge >= 0.3 is 5.97 Å². The molecule has 0 radical (unpaired) electrons. The van der Waals surface area contributed by atoms with E-state index < -0.39 is 16.0 Å². The maximum absolute atomic E-state index is 12.9. The molecule has 8 heteroatoms. The zero-order valence-corrected chi connectivity index (χ0v) is 16.4. The van der Waals surface area contributed by atoms with Gasteiger partial charge in [0.1, 0.15) is 10.6 Å². The van der Waals surface area contributed by atoms with Crippen molar-refractivity contribution in [1.82, 2.24) is 0 Å². The second-order valence-corrected chi connectivity index (χ2v) is 7.47. The monoisotopic (exact) mass is 392 g/mol. The standard InChI is InChI=1S/C19H24N2O5S/c1-4-5-12-20-17-11-6-14(19(22)26-3)13-18(17)27(23,24)21-15-7-9-16(25-2)10-8-15/h6-11,13,20-21H,4-5,12H2,1-3H3. The van der Waals surface area contributed by atoms with Crippen molar-refractivity contribution in [1.29, 1.82) is 0 Å². The average molecular weight is 392 g/mol. The predicted molar refractivity (Wildman–Crippen MR) is 105 cm³/mol.